The van der Waals surface area contributed by atoms with Crippen LogP contribution in [-0.2, 0) is 4.79 Å². The summed E-state index contributed by atoms with van der Waals surface area (Å²) in [5.74, 6) is 0.991. The summed E-state index contributed by atoms with van der Waals surface area (Å²) in [5.41, 5.74) is 1.08. The number of amides is 1. The Hall–Kier alpha value is -1.95. The van der Waals surface area contributed by atoms with E-state index in [2.05, 4.69) is 5.32 Å². The van der Waals surface area contributed by atoms with Crippen molar-refractivity contribution >= 4 is 29.1 Å². The molecule has 1 amide bonds. The Labute approximate surface area is 163 Å². The van der Waals surface area contributed by atoms with Gasteiger partial charge in [0, 0.05) is 11.6 Å². The zero-order valence-corrected chi connectivity index (χ0v) is 16.5. The summed E-state index contributed by atoms with van der Waals surface area (Å²) in [5, 5.41) is 3.77. The van der Waals surface area contributed by atoms with Crippen molar-refractivity contribution in [3.8, 4) is 11.5 Å². The summed E-state index contributed by atoms with van der Waals surface area (Å²) >= 11 is 11.9. The predicted octanol–water partition coefficient (Wildman–Crippen LogP) is 3.80. The molecule has 0 aromatic heterocycles. The molecule has 0 aliphatic rings. The van der Waals surface area contributed by atoms with Crippen LogP contribution in [0.25, 0.3) is 0 Å². The largest absolute Gasteiger partial charge is 0.497 e. The highest BCUT2D eigenvalue weighted by atomic mass is 35.5. The smallest absolute Gasteiger partial charge is 0.258 e. The van der Waals surface area contributed by atoms with Gasteiger partial charge in [-0.1, -0.05) is 35.3 Å². The lowest BCUT2D eigenvalue weighted by molar-refractivity contribution is -0.123. The molecule has 5 nitrogen and oxygen atoms in total. The first kappa shape index (κ1) is 20.4. The van der Waals surface area contributed by atoms with E-state index in [0.717, 1.165) is 11.3 Å². The summed E-state index contributed by atoms with van der Waals surface area (Å²) in [6.45, 7) is 0.333. The van der Waals surface area contributed by atoms with E-state index in [1.165, 1.54) is 0 Å². The fraction of sp³-hybridized carbons (Fsp3) is 0.316. The van der Waals surface area contributed by atoms with E-state index < -0.39 is 0 Å². The number of hydrogen-bond donors (Lipinski definition) is 1. The van der Waals surface area contributed by atoms with E-state index in [9.17, 15) is 4.79 Å². The monoisotopic (exact) mass is 396 g/mol. The molecule has 0 fully saturated rings. The molecule has 0 saturated carbocycles. The highest BCUT2D eigenvalue weighted by molar-refractivity contribution is 6.35. The molecular formula is C19H22Cl2N2O3. The van der Waals surface area contributed by atoms with Crippen LogP contribution in [-0.4, -0.2) is 45.2 Å². The SMILES string of the molecule is COc1ccc(C(CNC(=O)COc2ccc(Cl)cc2Cl)N(C)C)cc1. The molecule has 2 rings (SSSR count). The number of hydrogen-bond acceptors (Lipinski definition) is 4. The van der Waals surface area contributed by atoms with Crippen molar-refractivity contribution in [2.24, 2.45) is 0 Å². The van der Waals surface area contributed by atoms with Crippen LogP contribution in [0.2, 0.25) is 10.0 Å². The lowest BCUT2D eigenvalue weighted by Crippen LogP contribution is -2.36. The highest BCUT2D eigenvalue weighted by Gasteiger charge is 2.16. The van der Waals surface area contributed by atoms with Gasteiger partial charge >= 0.3 is 0 Å². The Morgan fingerprint density at radius 3 is 2.42 bits per heavy atom. The molecule has 0 aliphatic carbocycles. The van der Waals surface area contributed by atoms with Gasteiger partial charge in [0.15, 0.2) is 6.61 Å². The summed E-state index contributed by atoms with van der Waals surface area (Å²) in [7, 11) is 5.56. The van der Waals surface area contributed by atoms with Gasteiger partial charge in [-0.15, -0.1) is 0 Å². The van der Waals surface area contributed by atoms with E-state index in [-0.39, 0.29) is 18.6 Å². The van der Waals surface area contributed by atoms with Gasteiger partial charge in [-0.05, 0) is 50.0 Å². The lowest BCUT2D eigenvalue weighted by Gasteiger charge is -2.25. The zero-order chi connectivity index (χ0) is 19.1. The number of methoxy groups -OCH3 is 1. The second kappa shape index (κ2) is 9.67. The fourth-order valence-electron chi connectivity index (χ4n) is 2.42. The maximum atomic E-state index is 12.1. The number of benzene rings is 2. The number of halogens is 2. The van der Waals surface area contributed by atoms with Crippen LogP contribution in [0.1, 0.15) is 11.6 Å². The van der Waals surface area contributed by atoms with E-state index in [4.69, 9.17) is 32.7 Å². The first-order valence-corrected chi connectivity index (χ1v) is 8.81. The van der Waals surface area contributed by atoms with Gasteiger partial charge < -0.3 is 19.7 Å². The van der Waals surface area contributed by atoms with Crippen molar-refractivity contribution in [2.75, 3.05) is 34.4 Å². The first-order valence-electron chi connectivity index (χ1n) is 8.05. The van der Waals surface area contributed by atoms with Crippen LogP contribution >= 0.6 is 23.2 Å². The van der Waals surface area contributed by atoms with Crippen molar-refractivity contribution < 1.29 is 14.3 Å². The summed E-state index contributed by atoms with van der Waals surface area (Å²) < 4.78 is 10.6. The number of nitrogens with zero attached hydrogens (tertiary/aromatic N) is 1. The van der Waals surface area contributed by atoms with E-state index >= 15 is 0 Å². The number of carbonyl (C=O) groups is 1. The molecule has 2 aromatic carbocycles. The number of rotatable bonds is 8. The molecule has 0 spiro atoms. The quantitative estimate of drug-likeness (QED) is 0.736. The average molecular weight is 397 g/mol. The third-order valence-electron chi connectivity index (χ3n) is 3.87. The van der Waals surface area contributed by atoms with Crippen molar-refractivity contribution in [3.05, 3.63) is 58.1 Å². The molecule has 0 bridgehead atoms. The molecule has 0 saturated heterocycles. The molecule has 7 heteroatoms. The lowest BCUT2D eigenvalue weighted by atomic mass is 10.1. The van der Waals surface area contributed by atoms with E-state index in [1.807, 2.05) is 43.3 Å². The van der Waals surface area contributed by atoms with Gasteiger partial charge in [-0.2, -0.15) is 0 Å². The Morgan fingerprint density at radius 1 is 1.15 bits per heavy atom. The zero-order valence-electron chi connectivity index (χ0n) is 15.0. The summed E-state index contributed by atoms with van der Waals surface area (Å²) in [4.78, 5) is 14.2. The Kier molecular flexibility index (Phi) is 7.57. The van der Waals surface area contributed by atoms with Gasteiger partial charge in [-0.25, -0.2) is 0 Å². The van der Waals surface area contributed by atoms with E-state index in [0.29, 0.717) is 22.3 Å². The summed E-state index contributed by atoms with van der Waals surface area (Å²) in [6.07, 6.45) is 0. The van der Waals surface area contributed by atoms with Crippen molar-refractivity contribution in [2.45, 2.75) is 6.04 Å². The van der Waals surface area contributed by atoms with Gasteiger partial charge in [-0.3, -0.25) is 4.79 Å². The molecule has 140 valence electrons. The van der Waals surface area contributed by atoms with Crippen LogP contribution in [0.3, 0.4) is 0 Å². The maximum Gasteiger partial charge on any atom is 0.258 e. The molecule has 2 aromatic rings. The molecule has 1 atom stereocenters. The Bertz CT molecular complexity index is 736. The molecule has 1 unspecified atom stereocenters. The standard InChI is InChI=1S/C19H22Cl2N2O3/c1-23(2)17(13-4-7-15(25-3)8-5-13)11-22-19(24)12-26-18-9-6-14(20)10-16(18)21/h4-10,17H,11-12H2,1-3H3,(H,22,24). The Balaban J connectivity index is 1.90. The Morgan fingerprint density at radius 2 is 1.85 bits per heavy atom. The second-order valence-corrected chi connectivity index (χ2v) is 6.76. The summed E-state index contributed by atoms with van der Waals surface area (Å²) in [6, 6.07) is 12.7. The molecule has 1 N–H and O–H groups in total. The van der Waals surface area contributed by atoms with Crippen LogP contribution in [0.4, 0.5) is 0 Å². The molecular weight excluding hydrogens is 375 g/mol. The third kappa shape index (κ3) is 5.80. The molecule has 0 radical (unpaired) electrons. The minimum Gasteiger partial charge on any atom is -0.497 e. The van der Waals surface area contributed by atoms with Gasteiger partial charge in [0.2, 0.25) is 0 Å². The normalized spacial score (nSPS) is 11.9. The predicted molar refractivity (Wildman–Crippen MR) is 104 cm³/mol. The van der Waals surface area contributed by atoms with Crippen LogP contribution in [0.15, 0.2) is 42.5 Å². The number of ether oxygens (including phenoxy) is 2. The number of carbonyl (C=O) groups excluding carboxylic acids is 1. The maximum absolute atomic E-state index is 12.1. The van der Waals surface area contributed by atoms with Crippen LogP contribution in [0.5, 0.6) is 11.5 Å². The second-order valence-electron chi connectivity index (χ2n) is 5.92. The average Bonchev–Trinajstić information content (AvgIpc) is 2.61. The van der Waals surface area contributed by atoms with Crippen molar-refractivity contribution in [1.82, 2.24) is 10.2 Å². The topological polar surface area (TPSA) is 50.8 Å². The first-order chi connectivity index (χ1) is 12.4. The molecule has 0 aliphatic heterocycles. The van der Waals surface area contributed by atoms with Gasteiger partial charge in [0.1, 0.15) is 11.5 Å². The van der Waals surface area contributed by atoms with E-state index in [1.54, 1.807) is 25.3 Å². The van der Waals surface area contributed by atoms with Crippen molar-refractivity contribution in [3.63, 3.8) is 0 Å². The highest BCUT2D eigenvalue weighted by Crippen LogP contribution is 2.27. The van der Waals surface area contributed by atoms with Crippen molar-refractivity contribution in [1.29, 1.82) is 0 Å². The number of nitrogens with one attached hydrogen (secondary N) is 1. The van der Waals surface area contributed by atoms with Gasteiger partial charge in [0.05, 0.1) is 18.2 Å². The minimum atomic E-state index is -0.226. The fourth-order valence-corrected chi connectivity index (χ4v) is 2.88. The van der Waals surface area contributed by atoms with Crippen LogP contribution in [0, 0.1) is 0 Å². The van der Waals surface area contributed by atoms with Crippen LogP contribution < -0.4 is 14.8 Å². The minimum absolute atomic E-state index is 0.0315. The molecule has 0 heterocycles. The molecule has 26 heavy (non-hydrogen) atoms. The van der Waals surface area contributed by atoms with Gasteiger partial charge in [0.25, 0.3) is 5.91 Å². The number of likely N-dealkylation sites (N-methyl/N-ethyl adjacent to an activating group) is 1. The third-order valence-corrected chi connectivity index (χ3v) is 4.40.